The number of aliphatic hydroxyl groups is 1. The van der Waals surface area contributed by atoms with Crippen LogP contribution in [0.25, 0.3) is 0 Å². The first kappa shape index (κ1) is 19.8. The highest BCUT2D eigenvalue weighted by atomic mass is 32.2. The molecule has 0 spiro atoms. The zero-order valence-corrected chi connectivity index (χ0v) is 15.5. The van der Waals surface area contributed by atoms with Gasteiger partial charge in [-0.15, -0.1) is 0 Å². The van der Waals surface area contributed by atoms with Gasteiger partial charge in [-0.2, -0.15) is 0 Å². The number of sulfonamides is 1. The number of anilines is 2. The number of pyridine rings is 1. The molecule has 28 heavy (non-hydrogen) atoms. The van der Waals surface area contributed by atoms with Crippen molar-refractivity contribution >= 4 is 21.5 Å². The first-order chi connectivity index (χ1) is 13.2. The number of benzene rings is 1. The molecule has 2 heterocycles. The van der Waals surface area contributed by atoms with Crippen LogP contribution < -0.4 is 10.0 Å². The molecule has 2 aromatic heterocycles. The lowest BCUT2D eigenvalue weighted by Crippen LogP contribution is -2.30. The Morgan fingerprint density at radius 3 is 2.57 bits per heavy atom. The second kappa shape index (κ2) is 7.56. The number of nitrogens with zero attached hydrogens (tertiary/aromatic N) is 1. The van der Waals surface area contributed by atoms with Crippen molar-refractivity contribution in [1.82, 2.24) is 4.98 Å². The van der Waals surface area contributed by atoms with Gasteiger partial charge in [-0.1, -0.05) is 0 Å². The Morgan fingerprint density at radius 1 is 1.18 bits per heavy atom. The SMILES string of the molecule is CC(O)(CNc1ccc(S(=O)(=O)Nc2ccc(F)c(F)c2)cn1)c1ccco1. The van der Waals surface area contributed by atoms with Crippen LogP contribution >= 0.6 is 0 Å². The molecule has 0 saturated heterocycles. The molecule has 1 unspecified atom stereocenters. The van der Waals surface area contributed by atoms with E-state index in [1.54, 1.807) is 19.1 Å². The van der Waals surface area contributed by atoms with Crippen LogP contribution in [0.15, 0.2) is 64.2 Å². The van der Waals surface area contributed by atoms with Crippen molar-refractivity contribution < 1.29 is 26.7 Å². The normalized spacial score (nSPS) is 13.7. The minimum atomic E-state index is -4.03. The van der Waals surface area contributed by atoms with Gasteiger partial charge in [0.2, 0.25) is 0 Å². The molecule has 1 atom stereocenters. The average Bonchev–Trinajstić information content (AvgIpc) is 3.19. The van der Waals surface area contributed by atoms with Crippen molar-refractivity contribution in [3.63, 3.8) is 0 Å². The van der Waals surface area contributed by atoms with Crippen LogP contribution in [-0.2, 0) is 15.6 Å². The number of aromatic nitrogens is 1. The highest BCUT2D eigenvalue weighted by molar-refractivity contribution is 7.92. The third-order valence-corrected chi connectivity index (χ3v) is 5.25. The fourth-order valence-corrected chi connectivity index (χ4v) is 3.35. The number of hydrogen-bond donors (Lipinski definition) is 3. The van der Waals surface area contributed by atoms with Crippen molar-refractivity contribution in [2.75, 3.05) is 16.6 Å². The third kappa shape index (κ3) is 4.46. The number of nitrogens with one attached hydrogen (secondary N) is 2. The van der Waals surface area contributed by atoms with Crippen molar-refractivity contribution in [2.24, 2.45) is 0 Å². The molecular formula is C18H17F2N3O4S. The topological polar surface area (TPSA) is 104 Å². The molecule has 10 heteroatoms. The van der Waals surface area contributed by atoms with Crippen LogP contribution in [0.5, 0.6) is 0 Å². The summed E-state index contributed by atoms with van der Waals surface area (Å²) >= 11 is 0. The van der Waals surface area contributed by atoms with E-state index in [1.165, 1.54) is 18.4 Å². The van der Waals surface area contributed by atoms with E-state index < -0.39 is 27.3 Å². The summed E-state index contributed by atoms with van der Waals surface area (Å²) in [7, 11) is -4.03. The van der Waals surface area contributed by atoms with Gasteiger partial charge >= 0.3 is 0 Å². The van der Waals surface area contributed by atoms with Crippen LogP contribution in [0.4, 0.5) is 20.3 Å². The summed E-state index contributed by atoms with van der Waals surface area (Å²) in [5.74, 6) is -1.54. The van der Waals surface area contributed by atoms with Gasteiger partial charge < -0.3 is 14.8 Å². The van der Waals surface area contributed by atoms with E-state index in [0.29, 0.717) is 11.6 Å². The first-order valence-electron chi connectivity index (χ1n) is 8.11. The van der Waals surface area contributed by atoms with Gasteiger partial charge in [-0.05, 0) is 43.3 Å². The van der Waals surface area contributed by atoms with Gasteiger partial charge in [-0.25, -0.2) is 22.2 Å². The second-order valence-corrected chi connectivity index (χ2v) is 7.90. The summed E-state index contributed by atoms with van der Waals surface area (Å²) in [6.45, 7) is 1.64. The van der Waals surface area contributed by atoms with E-state index >= 15 is 0 Å². The smallest absolute Gasteiger partial charge is 0.263 e. The summed E-state index contributed by atoms with van der Waals surface area (Å²) in [6, 6.07) is 8.67. The first-order valence-corrected chi connectivity index (χ1v) is 9.60. The predicted octanol–water partition coefficient (Wildman–Crippen LogP) is 3.07. The molecule has 0 aliphatic rings. The van der Waals surface area contributed by atoms with E-state index in [0.717, 1.165) is 24.4 Å². The zero-order valence-electron chi connectivity index (χ0n) is 14.7. The molecule has 3 aromatic rings. The van der Waals surface area contributed by atoms with Crippen molar-refractivity contribution in [2.45, 2.75) is 17.4 Å². The predicted molar refractivity (Wildman–Crippen MR) is 98.2 cm³/mol. The summed E-state index contributed by atoms with van der Waals surface area (Å²) in [5, 5.41) is 13.3. The number of rotatable bonds is 7. The van der Waals surface area contributed by atoms with Crippen LogP contribution in [0.1, 0.15) is 12.7 Å². The van der Waals surface area contributed by atoms with Gasteiger partial charge in [0.05, 0.1) is 18.5 Å². The number of furan rings is 1. The average molecular weight is 409 g/mol. The minimum absolute atomic E-state index is 0.0761. The molecule has 0 radical (unpaired) electrons. The second-order valence-electron chi connectivity index (χ2n) is 6.22. The Hall–Kier alpha value is -2.98. The molecule has 0 bridgehead atoms. The Balaban J connectivity index is 1.68. The molecule has 0 aliphatic carbocycles. The molecule has 3 N–H and O–H groups in total. The van der Waals surface area contributed by atoms with Crippen LogP contribution in [0, 0.1) is 11.6 Å². The lowest BCUT2D eigenvalue weighted by Gasteiger charge is -2.21. The molecule has 0 aliphatic heterocycles. The standard InChI is InChI=1S/C18H17F2N3O4S/c1-18(24,16-3-2-8-27-16)11-22-17-7-5-13(10-21-17)28(25,26)23-12-4-6-14(19)15(20)9-12/h2-10,23-24H,11H2,1H3,(H,21,22). The molecule has 0 saturated carbocycles. The molecule has 3 rings (SSSR count). The fourth-order valence-electron chi connectivity index (χ4n) is 2.35. The summed E-state index contributed by atoms with van der Waals surface area (Å²) in [4.78, 5) is 3.83. The van der Waals surface area contributed by atoms with Gasteiger partial charge in [0.25, 0.3) is 10.0 Å². The van der Waals surface area contributed by atoms with Crippen molar-refractivity contribution in [3.8, 4) is 0 Å². The maximum atomic E-state index is 13.2. The number of halogens is 2. The van der Waals surface area contributed by atoms with Gasteiger partial charge in [-0.3, -0.25) is 4.72 Å². The van der Waals surface area contributed by atoms with Crippen molar-refractivity contribution in [1.29, 1.82) is 0 Å². The van der Waals surface area contributed by atoms with Gasteiger partial charge in [0, 0.05) is 12.3 Å². The third-order valence-electron chi connectivity index (χ3n) is 3.88. The monoisotopic (exact) mass is 409 g/mol. The minimum Gasteiger partial charge on any atom is -0.466 e. The van der Waals surface area contributed by atoms with E-state index in [9.17, 15) is 22.3 Å². The summed E-state index contributed by atoms with van der Waals surface area (Å²) < 4.78 is 58.2. The molecule has 0 amide bonds. The highest BCUT2D eigenvalue weighted by Gasteiger charge is 2.26. The van der Waals surface area contributed by atoms with Gasteiger partial charge in [0.15, 0.2) is 11.6 Å². The summed E-state index contributed by atoms with van der Waals surface area (Å²) in [5.41, 5.74) is -1.40. The van der Waals surface area contributed by atoms with E-state index in [4.69, 9.17) is 4.42 Å². The lowest BCUT2D eigenvalue weighted by molar-refractivity contribution is 0.0476. The Labute approximate surface area is 160 Å². The van der Waals surface area contributed by atoms with Crippen LogP contribution in [0.2, 0.25) is 0 Å². The number of hydrogen-bond acceptors (Lipinski definition) is 6. The van der Waals surface area contributed by atoms with Crippen LogP contribution in [0.3, 0.4) is 0 Å². The quantitative estimate of drug-likeness (QED) is 0.554. The molecular weight excluding hydrogens is 392 g/mol. The van der Waals surface area contributed by atoms with E-state index in [1.807, 2.05) is 0 Å². The zero-order chi connectivity index (χ0) is 20.4. The van der Waals surface area contributed by atoms with E-state index in [-0.39, 0.29) is 17.1 Å². The Morgan fingerprint density at radius 2 is 1.96 bits per heavy atom. The highest BCUT2D eigenvalue weighted by Crippen LogP contribution is 2.22. The summed E-state index contributed by atoms with van der Waals surface area (Å²) in [6.07, 6.45) is 2.55. The largest absolute Gasteiger partial charge is 0.466 e. The molecule has 7 nitrogen and oxygen atoms in total. The maximum absolute atomic E-state index is 13.2. The lowest BCUT2D eigenvalue weighted by atomic mass is 10.0. The fraction of sp³-hybridized carbons (Fsp3) is 0.167. The van der Waals surface area contributed by atoms with Crippen LogP contribution in [-0.4, -0.2) is 25.1 Å². The van der Waals surface area contributed by atoms with Crippen molar-refractivity contribution in [3.05, 3.63) is 72.3 Å². The maximum Gasteiger partial charge on any atom is 0.263 e. The molecule has 0 fully saturated rings. The Kier molecular flexibility index (Phi) is 5.34. The van der Waals surface area contributed by atoms with E-state index in [2.05, 4.69) is 15.0 Å². The van der Waals surface area contributed by atoms with Gasteiger partial charge in [0.1, 0.15) is 22.1 Å². The Bertz CT molecular complexity index is 1050. The molecule has 148 valence electrons. The molecule has 1 aromatic carbocycles.